The molecule has 88 valence electrons. The van der Waals surface area contributed by atoms with Gasteiger partial charge in [-0.25, -0.2) is 0 Å². The summed E-state index contributed by atoms with van der Waals surface area (Å²) in [6.07, 6.45) is 0. The second kappa shape index (κ2) is 4.17. The molecule has 0 spiro atoms. The number of para-hydroxylation sites is 1. The number of rotatable bonds is 2. The van der Waals surface area contributed by atoms with Crippen molar-refractivity contribution in [2.75, 3.05) is 6.61 Å². The molecule has 1 aliphatic heterocycles. The fourth-order valence-electron chi connectivity index (χ4n) is 2.39. The molecular formula is C14H15NOS. The van der Waals surface area contributed by atoms with Gasteiger partial charge in [0.25, 0.3) is 0 Å². The first-order chi connectivity index (χ1) is 8.27. The van der Waals surface area contributed by atoms with Gasteiger partial charge in [0, 0.05) is 22.4 Å². The SMILES string of the molecule is Cc1ccsc1C(N)C1COc2ccccc21. The van der Waals surface area contributed by atoms with E-state index in [2.05, 4.69) is 30.5 Å². The topological polar surface area (TPSA) is 35.2 Å². The summed E-state index contributed by atoms with van der Waals surface area (Å²) >= 11 is 1.74. The van der Waals surface area contributed by atoms with Crippen molar-refractivity contribution >= 4 is 11.3 Å². The number of nitrogens with two attached hydrogens (primary N) is 1. The van der Waals surface area contributed by atoms with Crippen LogP contribution in [0.15, 0.2) is 35.7 Å². The number of aryl methyl sites for hydroxylation is 1. The summed E-state index contributed by atoms with van der Waals surface area (Å²) in [6, 6.07) is 10.4. The third kappa shape index (κ3) is 1.75. The summed E-state index contributed by atoms with van der Waals surface area (Å²) in [5.41, 5.74) is 8.92. The predicted octanol–water partition coefficient (Wildman–Crippen LogP) is 3.23. The van der Waals surface area contributed by atoms with Gasteiger partial charge in [-0.15, -0.1) is 11.3 Å². The first-order valence-corrected chi connectivity index (χ1v) is 6.66. The van der Waals surface area contributed by atoms with Gasteiger partial charge in [0.1, 0.15) is 5.75 Å². The van der Waals surface area contributed by atoms with Gasteiger partial charge >= 0.3 is 0 Å². The van der Waals surface area contributed by atoms with Crippen LogP contribution in [-0.2, 0) is 0 Å². The molecule has 0 saturated heterocycles. The molecule has 2 N–H and O–H groups in total. The molecular weight excluding hydrogens is 230 g/mol. The van der Waals surface area contributed by atoms with Crippen LogP contribution in [0.25, 0.3) is 0 Å². The largest absolute Gasteiger partial charge is 0.493 e. The van der Waals surface area contributed by atoms with E-state index in [-0.39, 0.29) is 12.0 Å². The van der Waals surface area contributed by atoms with Crippen molar-refractivity contribution in [2.24, 2.45) is 5.73 Å². The van der Waals surface area contributed by atoms with E-state index in [9.17, 15) is 0 Å². The molecule has 2 nitrogen and oxygen atoms in total. The number of ether oxygens (including phenoxy) is 1. The van der Waals surface area contributed by atoms with Crippen molar-refractivity contribution in [3.63, 3.8) is 0 Å². The van der Waals surface area contributed by atoms with Crippen LogP contribution in [0.2, 0.25) is 0 Å². The van der Waals surface area contributed by atoms with Crippen molar-refractivity contribution in [1.82, 2.24) is 0 Å². The van der Waals surface area contributed by atoms with Gasteiger partial charge in [0.05, 0.1) is 6.61 Å². The Morgan fingerprint density at radius 1 is 1.35 bits per heavy atom. The first kappa shape index (κ1) is 10.8. The van der Waals surface area contributed by atoms with Gasteiger partial charge in [0.2, 0.25) is 0 Å². The zero-order valence-corrected chi connectivity index (χ0v) is 10.5. The van der Waals surface area contributed by atoms with Crippen molar-refractivity contribution in [1.29, 1.82) is 0 Å². The molecule has 0 bridgehead atoms. The first-order valence-electron chi connectivity index (χ1n) is 5.78. The average Bonchev–Trinajstić information content (AvgIpc) is 2.94. The van der Waals surface area contributed by atoms with E-state index in [1.807, 2.05) is 12.1 Å². The van der Waals surface area contributed by atoms with Gasteiger partial charge in [-0.2, -0.15) is 0 Å². The van der Waals surface area contributed by atoms with Gasteiger partial charge in [0.15, 0.2) is 0 Å². The third-order valence-electron chi connectivity index (χ3n) is 3.37. The molecule has 3 rings (SSSR count). The lowest BCUT2D eigenvalue weighted by atomic mass is 9.92. The molecule has 17 heavy (non-hydrogen) atoms. The van der Waals surface area contributed by atoms with Crippen LogP contribution in [0.3, 0.4) is 0 Å². The van der Waals surface area contributed by atoms with E-state index in [0.717, 1.165) is 5.75 Å². The lowest BCUT2D eigenvalue weighted by Gasteiger charge is -2.17. The Hall–Kier alpha value is -1.32. The fourth-order valence-corrected chi connectivity index (χ4v) is 3.39. The summed E-state index contributed by atoms with van der Waals surface area (Å²) < 4.78 is 5.69. The van der Waals surface area contributed by atoms with Crippen LogP contribution in [0.4, 0.5) is 0 Å². The Morgan fingerprint density at radius 3 is 2.94 bits per heavy atom. The third-order valence-corrected chi connectivity index (χ3v) is 4.50. The monoisotopic (exact) mass is 245 g/mol. The normalized spacial score (nSPS) is 19.8. The lowest BCUT2D eigenvalue weighted by Crippen LogP contribution is -2.20. The van der Waals surface area contributed by atoms with Crippen LogP contribution < -0.4 is 10.5 Å². The van der Waals surface area contributed by atoms with Crippen LogP contribution in [0, 0.1) is 6.92 Å². The highest BCUT2D eigenvalue weighted by Gasteiger charge is 2.31. The molecule has 0 radical (unpaired) electrons. The number of benzene rings is 1. The number of hydrogen-bond donors (Lipinski definition) is 1. The van der Waals surface area contributed by atoms with Gasteiger partial charge in [-0.05, 0) is 30.0 Å². The van der Waals surface area contributed by atoms with Crippen molar-refractivity contribution in [2.45, 2.75) is 18.9 Å². The zero-order valence-electron chi connectivity index (χ0n) is 9.72. The summed E-state index contributed by atoms with van der Waals surface area (Å²) in [6.45, 7) is 2.81. The van der Waals surface area contributed by atoms with Crippen molar-refractivity contribution in [3.05, 3.63) is 51.7 Å². The van der Waals surface area contributed by atoms with Crippen LogP contribution in [0.1, 0.15) is 28.0 Å². The highest BCUT2D eigenvalue weighted by atomic mass is 32.1. The average molecular weight is 245 g/mol. The van der Waals surface area contributed by atoms with Crippen molar-refractivity contribution < 1.29 is 4.74 Å². The Morgan fingerprint density at radius 2 is 2.18 bits per heavy atom. The molecule has 1 aromatic carbocycles. The molecule has 2 heterocycles. The molecule has 0 fully saturated rings. The highest BCUT2D eigenvalue weighted by Crippen LogP contribution is 2.41. The Balaban J connectivity index is 1.95. The summed E-state index contributed by atoms with van der Waals surface area (Å²) in [5, 5.41) is 2.10. The number of thiophene rings is 1. The minimum absolute atomic E-state index is 0.0404. The van der Waals surface area contributed by atoms with E-state index in [1.165, 1.54) is 16.0 Å². The maximum atomic E-state index is 6.39. The van der Waals surface area contributed by atoms with Crippen LogP contribution in [-0.4, -0.2) is 6.61 Å². The molecule has 1 aliphatic rings. The van der Waals surface area contributed by atoms with E-state index >= 15 is 0 Å². The number of hydrogen-bond acceptors (Lipinski definition) is 3. The van der Waals surface area contributed by atoms with E-state index in [4.69, 9.17) is 10.5 Å². The van der Waals surface area contributed by atoms with Crippen molar-refractivity contribution in [3.8, 4) is 5.75 Å². The zero-order chi connectivity index (χ0) is 11.8. The van der Waals surface area contributed by atoms with E-state index < -0.39 is 0 Å². The molecule has 0 amide bonds. The summed E-state index contributed by atoms with van der Waals surface area (Å²) in [4.78, 5) is 1.27. The molecule has 0 saturated carbocycles. The summed E-state index contributed by atoms with van der Waals surface area (Å²) in [7, 11) is 0. The Bertz CT molecular complexity index is 535. The molecule has 2 aromatic rings. The molecule has 1 aromatic heterocycles. The maximum absolute atomic E-state index is 6.39. The Kier molecular flexibility index (Phi) is 2.65. The smallest absolute Gasteiger partial charge is 0.122 e. The summed E-state index contributed by atoms with van der Waals surface area (Å²) in [5.74, 6) is 1.27. The van der Waals surface area contributed by atoms with Gasteiger partial charge in [-0.1, -0.05) is 18.2 Å². The lowest BCUT2D eigenvalue weighted by molar-refractivity contribution is 0.316. The van der Waals surface area contributed by atoms with Crippen LogP contribution >= 0.6 is 11.3 Å². The number of fused-ring (bicyclic) bond motifs is 1. The van der Waals surface area contributed by atoms with Gasteiger partial charge in [-0.3, -0.25) is 0 Å². The molecule has 0 aliphatic carbocycles. The highest BCUT2D eigenvalue weighted by molar-refractivity contribution is 7.10. The molecule has 2 unspecified atom stereocenters. The molecule has 3 heteroatoms. The van der Waals surface area contributed by atoms with E-state index in [0.29, 0.717) is 6.61 Å². The second-order valence-corrected chi connectivity index (χ2v) is 5.40. The minimum atomic E-state index is 0.0404. The quantitative estimate of drug-likeness (QED) is 0.881. The molecule has 2 atom stereocenters. The standard InChI is InChI=1S/C14H15NOS/c1-9-6-7-17-14(9)13(15)11-8-16-12-5-3-2-4-10(11)12/h2-7,11,13H,8,15H2,1H3. The minimum Gasteiger partial charge on any atom is -0.493 e. The fraction of sp³-hybridized carbons (Fsp3) is 0.286. The predicted molar refractivity (Wildman–Crippen MR) is 70.7 cm³/mol. The van der Waals surface area contributed by atoms with Gasteiger partial charge < -0.3 is 10.5 Å². The maximum Gasteiger partial charge on any atom is 0.122 e. The van der Waals surface area contributed by atoms with Crippen LogP contribution in [0.5, 0.6) is 5.75 Å². The second-order valence-electron chi connectivity index (χ2n) is 4.45. The Labute approximate surface area is 105 Å². The van der Waals surface area contributed by atoms with E-state index in [1.54, 1.807) is 11.3 Å².